The lowest BCUT2D eigenvalue weighted by molar-refractivity contribution is 1.19. The summed E-state index contributed by atoms with van der Waals surface area (Å²) < 4.78 is 0. The number of rotatable bonds is 1. The molecule has 0 radical (unpaired) electrons. The van der Waals surface area contributed by atoms with Gasteiger partial charge < -0.3 is 4.98 Å². The van der Waals surface area contributed by atoms with E-state index in [2.05, 4.69) is 9.97 Å². The first-order valence-corrected chi connectivity index (χ1v) is 6.59. The highest BCUT2D eigenvalue weighted by Gasteiger charge is 2.07. The summed E-state index contributed by atoms with van der Waals surface area (Å²) in [6, 6.07) is 9.09. The van der Waals surface area contributed by atoms with Crippen molar-refractivity contribution < 1.29 is 0 Å². The van der Waals surface area contributed by atoms with E-state index < -0.39 is 0 Å². The number of nitrogens with zero attached hydrogens (tertiary/aromatic N) is 1. The van der Waals surface area contributed by atoms with Crippen LogP contribution in [0.2, 0.25) is 5.02 Å². The van der Waals surface area contributed by atoms with Gasteiger partial charge in [-0.15, -0.1) is 11.3 Å². The number of aromatic nitrogens is 2. The molecule has 18 heavy (non-hydrogen) atoms. The molecule has 3 nitrogen and oxygen atoms in total. The van der Waals surface area contributed by atoms with Crippen molar-refractivity contribution in [1.82, 2.24) is 9.97 Å². The van der Waals surface area contributed by atoms with Gasteiger partial charge in [-0.3, -0.25) is 4.79 Å². The Morgan fingerprint density at radius 1 is 1.28 bits per heavy atom. The minimum atomic E-state index is -0.163. The lowest BCUT2D eigenvalue weighted by Crippen LogP contribution is -2.08. The average molecular weight is 277 g/mol. The van der Waals surface area contributed by atoms with Crippen molar-refractivity contribution in [3.63, 3.8) is 0 Å². The summed E-state index contributed by atoms with van der Waals surface area (Å²) in [5.41, 5.74) is 0.493. The summed E-state index contributed by atoms with van der Waals surface area (Å²) in [7, 11) is 0. The minimum absolute atomic E-state index is 0.163. The molecule has 0 aliphatic carbocycles. The maximum Gasteiger partial charge on any atom is 0.259 e. The van der Waals surface area contributed by atoms with Crippen molar-refractivity contribution in [2.45, 2.75) is 6.92 Å². The van der Waals surface area contributed by atoms with E-state index in [0.29, 0.717) is 21.7 Å². The second-order valence-electron chi connectivity index (χ2n) is 3.99. The molecule has 2 heterocycles. The van der Waals surface area contributed by atoms with Crippen molar-refractivity contribution in [2.75, 3.05) is 0 Å². The van der Waals surface area contributed by atoms with Gasteiger partial charge in [0.2, 0.25) is 0 Å². The molecule has 0 saturated carbocycles. The van der Waals surface area contributed by atoms with E-state index in [1.165, 1.54) is 4.88 Å². The highest BCUT2D eigenvalue weighted by molar-refractivity contribution is 7.15. The van der Waals surface area contributed by atoms with Crippen molar-refractivity contribution >= 4 is 33.8 Å². The van der Waals surface area contributed by atoms with Crippen LogP contribution >= 0.6 is 22.9 Å². The Kier molecular flexibility index (Phi) is 2.69. The van der Waals surface area contributed by atoms with Crippen molar-refractivity contribution in [3.8, 4) is 10.7 Å². The molecule has 0 unspecified atom stereocenters. The van der Waals surface area contributed by atoms with E-state index in [9.17, 15) is 4.79 Å². The number of thiophene rings is 1. The SMILES string of the molecule is Cc1ccc(-c2nc3ccc(Cl)cc3c(=O)[nH]2)s1. The molecule has 5 heteroatoms. The molecule has 3 rings (SSSR count). The molecule has 1 aromatic carbocycles. The summed E-state index contributed by atoms with van der Waals surface area (Å²) in [6.07, 6.45) is 0. The molecule has 1 N–H and O–H groups in total. The van der Waals surface area contributed by atoms with E-state index in [0.717, 1.165) is 4.88 Å². The number of benzene rings is 1. The van der Waals surface area contributed by atoms with Crippen LogP contribution in [-0.2, 0) is 0 Å². The van der Waals surface area contributed by atoms with Crippen LogP contribution in [0.5, 0.6) is 0 Å². The predicted molar refractivity (Wildman–Crippen MR) is 75.4 cm³/mol. The largest absolute Gasteiger partial charge is 0.305 e. The van der Waals surface area contributed by atoms with Gasteiger partial charge >= 0.3 is 0 Å². The zero-order chi connectivity index (χ0) is 12.7. The van der Waals surface area contributed by atoms with E-state index in [1.54, 1.807) is 29.5 Å². The Morgan fingerprint density at radius 3 is 2.83 bits per heavy atom. The summed E-state index contributed by atoms with van der Waals surface area (Å²) in [6.45, 7) is 2.02. The number of halogens is 1. The fraction of sp³-hybridized carbons (Fsp3) is 0.0769. The lowest BCUT2D eigenvalue weighted by atomic mass is 10.2. The molecule has 0 atom stereocenters. The van der Waals surface area contributed by atoms with Crippen LogP contribution in [0.25, 0.3) is 21.6 Å². The molecular formula is C13H9ClN2OS. The zero-order valence-corrected chi connectivity index (χ0v) is 11.1. The first kappa shape index (κ1) is 11.4. The Bertz CT molecular complexity index is 791. The number of fused-ring (bicyclic) bond motifs is 1. The summed E-state index contributed by atoms with van der Waals surface area (Å²) in [5, 5.41) is 1.05. The second kappa shape index (κ2) is 4.23. The average Bonchev–Trinajstić information content (AvgIpc) is 2.77. The van der Waals surface area contributed by atoms with Gasteiger partial charge in [0.25, 0.3) is 5.56 Å². The molecule has 0 amide bonds. The van der Waals surface area contributed by atoms with Gasteiger partial charge in [-0.1, -0.05) is 11.6 Å². The Morgan fingerprint density at radius 2 is 2.11 bits per heavy atom. The van der Waals surface area contributed by atoms with Crippen LogP contribution in [0.15, 0.2) is 35.1 Å². The molecule has 0 spiro atoms. The van der Waals surface area contributed by atoms with Crippen molar-refractivity contribution in [3.05, 3.63) is 50.6 Å². The molecule has 0 aliphatic rings. The van der Waals surface area contributed by atoms with E-state index >= 15 is 0 Å². The fourth-order valence-corrected chi connectivity index (χ4v) is 2.77. The summed E-state index contributed by atoms with van der Waals surface area (Å²) in [4.78, 5) is 21.4. The molecule has 0 fully saturated rings. The highest BCUT2D eigenvalue weighted by Crippen LogP contribution is 2.25. The number of hydrogen-bond donors (Lipinski definition) is 1. The van der Waals surface area contributed by atoms with Crippen LogP contribution in [0, 0.1) is 6.92 Å². The van der Waals surface area contributed by atoms with Gasteiger partial charge in [-0.05, 0) is 37.3 Å². The second-order valence-corrected chi connectivity index (χ2v) is 5.71. The third-order valence-corrected chi connectivity index (χ3v) is 3.88. The van der Waals surface area contributed by atoms with Crippen molar-refractivity contribution in [2.24, 2.45) is 0 Å². The van der Waals surface area contributed by atoms with Crippen molar-refractivity contribution in [1.29, 1.82) is 0 Å². The van der Waals surface area contributed by atoms with Crippen LogP contribution in [0.4, 0.5) is 0 Å². The molecular weight excluding hydrogens is 268 g/mol. The van der Waals surface area contributed by atoms with Gasteiger partial charge in [0, 0.05) is 9.90 Å². The quantitative estimate of drug-likeness (QED) is 0.738. The van der Waals surface area contributed by atoms with Gasteiger partial charge in [0.15, 0.2) is 5.82 Å². The van der Waals surface area contributed by atoms with Crippen LogP contribution in [-0.4, -0.2) is 9.97 Å². The predicted octanol–water partition coefficient (Wildman–Crippen LogP) is 3.61. The number of nitrogens with one attached hydrogen (secondary N) is 1. The van der Waals surface area contributed by atoms with Crippen LogP contribution in [0.1, 0.15) is 4.88 Å². The number of H-pyrrole nitrogens is 1. The van der Waals surface area contributed by atoms with Gasteiger partial charge in [0.1, 0.15) is 0 Å². The van der Waals surface area contributed by atoms with Gasteiger partial charge in [-0.25, -0.2) is 4.98 Å². The summed E-state index contributed by atoms with van der Waals surface area (Å²) in [5.74, 6) is 0.605. The first-order chi connectivity index (χ1) is 8.63. The van der Waals surface area contributed by atoms with Crippen LogP contribution < -0.4 is 5.56 Å². The minimum Gasteiger partial charge on any atom is -0.305 e. The number of aryl methyl sites for hydroxylation is 1. The fourth-order valence-electron chi connectivity index (χ4n) is 1.79. The van der Waals surface area contributed by atoms with E-state index in [4.69, 9.17) is 11.6 Å². The number of aromatic amines is 1. The van der Waals surface area contributed by atoms with Gasteiger partial charge in [0.05, 0.1) is 15.8 Å². The topological polar surface area (TPSA) is 45.8 Å². The Hall–Kier alpha value is -1.65. The normalized spacial score (nSPS) is 11.0. The molecule has 90 valence electrons. The third kappa shape index (κ3) is 1.94. The smallest absolute Gasteiger partial charge is 0.259 e. The maximum absolute atomic E-state index is 12.0. The van der Waals surface area contributed by atoms with Gasteiger partial charge in [-0.2, -0.15) is 0 Å². The van der Waals surface area contributed by atoms with E-state index in [1.807, 2.05) is 19.1 Å². The standard InChI is InChI=1S/C13H9ClN2OS/c1-7-2-5-11(18-7)12-15-10-4-3-8(14)6-9(10)13(17)16-12/h2-6H,1H3,(H,15,16,17). The highest BCUT2D eigenvalue weighted by atomic mass is 35.5. The number of hydrogen-bond acceptors (Lipinski definition) is 3. The molecule has 0 aliphatic heterocycles. The Balaban J connectivity index is 2.28. The molecule has 2 aromatic heterocycles. The van der Waals surface area contributed by atoms with E-state index in [-0.39, 0.29) is 5.56 Å². The maximum atomic E-state index is 12.0. The molecule has 3 aromatic rings. The molecule has 0 saturated heterocycles. The summed E-state index contributed by atoms with van der Waals surface area (Å²) >= 11 is 7.47. The molecule has 0 bridgehead atoms. The van der Waals surface area contributed by atoms with Crippen LogP contribution in [0.3, 0.4) is 0 Å². The monoisotopic (exact) mass is 276 g/mol. The first-order valence-electron chi connectivity index (χ1n) is 5.40. The Labute approximate surface area is 112 Å². The third-order valence-electron chi connectivity index (χ3n) is 2.64. The lowest BCUT2D eigenvalue weighted by Gasteiger charge is -2.01. The zero-order valence-electron chi connectivity index (χ0n) is 9.53.